The third kappa shape index (κ3) is 10.1. The van der Waals surface area contributed by atoms with Gasteiger partial charge in [0.05, 0.1) is 18.4 Å². The minimum absolute atomic E-state index is 0.119. The van der Waals surface area contributed by atoms with Crippen LogP contribution >= 0.6 is 11.6 Å². The summed E-state index contributed by atoms with van der Waals surface area (Å²) in [5.41, 5.74) is 3.47. The van der Waals surface area contributed by atoms with E-state index in [0.29, 0.717) is 36.8 Å². The molecule has 6 nitrogen and oxygen atoms in total. The van der Waals surface area contributed by atoms with Crippen molar-refractivity contribution in [1.29, 1.82) is 0 Å². The quantitative estimate of drug-likeness (QED) is 0.320. The zero-order chi connectivity index (χ0) is 34.0. The van der Waals surface area contributed by atoms with Crippen molar-refractivity contribution in [3.8, 4) is 5.75 Å². The zero-order valence-corrected chi connectivity index (χ0v) is 30.8. The normalized spacial score (nSPS) is 28.5. The largest absolute Gasteiger partial charge is 0.490 e. The van der Waals surface area contributed by atoms with E-state index in [1.807, 2.05) is 51.1 Å². The number of aryl methyl sites for hydroxylation is 1. The number of halogens is 1. The lowest BCUT2D eigenvalue weighted by atomic mass is 9.70. The van der Waals surface area contributed by atoms with Crippen LogP contribution in [0.15, 0.2) is 48.6 Å². The standard InChI is InChI=1S/C32H41ClN2O4S.C4H10.C2H6/c1-4-6-22-15-25(33)11-13-27(22)32(3)19-35-17-24-9-12-26(24)29(36)8-5-7-21(2)18-40(38)34-31(37)23-10-14-30(39-20-32)28(35)16-23;1-4(2)3;1-2/h5,8,10-11,13-16,21,24,26,29,36H,4,6-7,9,12,17-20H2,1-3H3,(H,34,37);4H,1-3H3;1-2H3/b8-5+;;. The second kappa shape index (κ2) is 17.7. The van der Waals surface area contributed by atoms with Crippen LogP contribution in [-0.4, -0.2) is 46.8 Å². The summed E-state index contributed by atoms with van der Waals surface area (Å²) in [6, 6.07) is 11.7. The summed E-state index contributed by atoms with van der Waals surface area (Å²) >= 11 is 6.41. The average molecular weight is 673 g/mol. The lowest BCUT2D eigenvalue weighted by Gasteiger charge is -2.44. The van der Waals surface area contributed by atoms with Crippen molar-refractivity contribution < 1.29 is 18.8 Å². The zero-order valence-electron chi connectivity index (χ0n) is 29.3. The maximum absolute atomic E-state index is 13.1. The van der Waals surface area contributed by atoms with E-state index in [4.69, 9.17) is 16.3 Å². The fourth-order valence-corrected chi connectivity index (χ4v) is 7.70. The molecule has 1 aliphatic carbocycles. The Morgan fingerprint density at radius 1 is 1.15 bits per heavy atom. The highest BCUT2D eigenvalue weighted by Crippen LogP contribution is 2.44. The SMILES string of the molecule is CC.CC(C)C.CCCc1cc(Cl)ccc1C1(C)COc2ccc3cc2N(CC2CCC2C(O)/C=C/CC(C)CS(=O)NC3=O)C1. The molecule has 2 bridgehead atoms. The number of fused-ring (bicyclic) bond motifs is 2. The molecule has 2 heterocycles. The van der Waals surface area contributed by atoms with E-state index in [0.717, 1.165) is 54.6 Å². The summed E-state index contributed by atoms with van der Waals surface area (Å²) in [5, 5.41) is 11.8. The van der Waals surface area contributed by atoms with Gasteiger partial charge in [-0.25, -0.2) is 4.21 Å². The van der Waals surface area contributed by atoms with Crippen LogP contribution in [-0.2, 0) is 22.8 Å². The van der Waals surface area contributed by atoms with E-state index in [9.17, 15) is 14.1 Å². The van der Waals surface area contributed by atoms with Crippen LogP contribution in [0, 0.1) is 23.7 Å². The third-order valence-electron chi connectivity index (χ3n) is 8.77. The molecule has 2 N–H and O–H groups in total. The Morgan fingerprint density at radius 2 is 1.87 bits per heavy atom. The Kier molecular flexibility index (Phi) is 14.7. The second-order valence-electron chi connectivity index (χ2n) is 13.9. The van der Waals surface area contributed by atoms with Gasteiger partial charge in [0.15, 0.2) is 0 Å². The van der Waals surface area contributed by atoms with Crippen molar-refractivity contribution in [1.82, 2.24) is 4.72 Å². The molecule has 2 aromatic rings. The average Bonchev–Trinajstić information content (AvgIpc) is 3.12. The van der Waals surface area contributed by atoms with Gasteiger partial charge in [0.25, 0.3) is 5.91 Å². The molecule has 0 aromatic heterocycles. The molecule has 0 radical (unpaired) electrons. The summed E-state index contributed by atoms with van der Waals surface area (Å²) in [7, 11) is -1.49. The van der Waals surface area contributed by atoms with Crippen molar-refractivity contribution in [3.05, 3.63) is 70.3 Å². The number of allylic oxidation sites excluding steroid dienone is 1. The molecule has 5 rings (SSSR count). The van der Waals surface area contributed by atoms with Gasteiger partial charge in [-0.1, -0.05) is 91.6 Å². The molecular weight excluding hydrogens is 616 g/mol. The number of hydrogen-bond acceptors (Lipinski definition) is 5. The first-order valence-corrected chi connectivity index (χ1v) is 18.9. The second-order valence-corrected chi connectivity index (χ2v) is 15.6. The highest BCUT2D eigenvalue weighted by molar-refractivity contribution is 7.83. The lowest BCUT2D eigenvalue weighted by Crippen LogP contribution is -2.47. The number of rotatable bonds is 3. The number of ether oxygens (including phenoxy) is 1. The van der Waals surface area contributed by atoms with Gasteiger partial charge < -0.3 is 14.7 Å². The highest BCUT2D eigenvalue weighted by Gasteiger charge is 2.41. The maximum atomic E-state index is 13.1. The molecule has 6 unspecified atom stereocenters. The number of amides is 1. The number of anilines is 1. The minimum atomic E-state index is -1.49. The van der Waals surface area contributed by atoms with E-state index in [2.05, 4.69) is 56.4 Å². The maximum Gasteiger partial charge on any atom is 0.263 e. The van der Waals surface area contributed by atoms with Crippen molar-refractivity contribution in [2.45, 2.75) is 99.0 Å². The van der Waals surface area contributed by atoms with Gasteiger partial charge in [-0.3, -0.25) is 9.52 Å². The number of carbonyl (C=O) groups is 1. The number of aliphatic hydroxyl groups excluding tert-OH is 1. The molecule has 3 aliphatic rings. The number of nitrogens with zero attached hydrogens (tertiary/aromatic N) is 1. The van der Waals surface area contributed by atoms with Gasteiger partial charge in [-0.05, 0) is 90.8 Å². The first-order valence-electron chi connectivity index (χ1n) is 17.2. The highest BCUT2D eigenvalue weighted by atomic mass is 35.5. The van der Waals surface area contributed by atoms with Crippen LogP contribution < -0.4 is 14.4 Å². The van der Waals surface area contributed by atoms with Crippen LogP contribution in [0.3, 0.4) is 0 Å². The van der Waals surface area contributed by atoms with Gasteiger partial charge in [0.1, 0.15) is 16.7 Å². The summed E-state index contributed by atoms with van der Waals surface area (Å²) in [4.78, 5) is 15.5. The van der Waals surface area contributed by atoms with E-state index in [1.54, 1.807) is 6.07 Å². The van der Waals surface area contributed by atoms with Gasteiger partial charge in [0, 0.05) is 34.8 Å². The number of carbonyl (C=O) groups excluding carboxylic acids is 1. The van der Waals surface area contributed by atoms with Crippen molar-refractivity contribution in [2.75, 3.05) is 30.3 Å². The molecule has 8 heteroatoms. The van der Waals surface area contributed by atoms with E-state index >= 15 is 0 Å². The number of benzene rings is 2. The van der Waals surface area contributed by atoms with Crippen LogP contribution in [0.1, 0.15) is 103 Å². The molecule has 2 aliphatic heterocycles. The van der Waals surface area contributed by atoms with Gasteiger partial charge in [0.2, 0.25) is 0 Å². The molecule has 1 fully saturated rings. The minimum Gasteiger partial charge on any atom is -0.490 e. The molecular formula is C38H57ClN2O4S. The summed E-state index contributed by atoms with van der Waals surface area (Å²) in [5.74, 6) is 2.21. The Morgan fingerprint density at radius 3 is 2.52 bits per heavy atom. The smallest absolute Gasteiger partial charge is 0.263 e. The van der Waals surface area contributed by atoms with Crippen molar-refractivity contribution in [3.63, 3.8) is 0 Å². The van der Waals surface area contributed by atoms with E-state index in [-0.39, 0.29) is 23.2 Å². The Hall–Kier alpha value is -2.35. The topological polar surface area (TPSA) is 78.9 Å². The lowest BCUT2D eigenvalue weighted by molar-refractivity contribution is 0.0458. The number of hydrogen-bond donors (Lipinski definition) is 2. The monoisotopic (exact) mass is 672 g/mol. The molecule has 2 aromatic carbocycles. The third-order valence-corrected chi connectivity index (χ3v) is 10.3. The molecule has 0 spiro atoms. The Bertz CT molecular complexity index is 1350. The molecule has 1 amide bonds. The van der Waals surface area contributed by atoms with Gasteiger partial charge >= 0.3 is 0 Å². The predicted molar refractivity (Wildman–Crippen MR) is 194 cm³/mol. The number of aliphatic hydroxyl groups is 1. The van der Waals surface area contributed by atoms with Crippen molar-refractivity contribution >= 4 is 34.2 Å². The van der Waals surface area contributed by atoms with Gasteiger partial charge in [-0.2, -0.15) is 0 Å². The van der Waals surface area contributed by atoms with Gasteiger partial charge in [-0.15, -0.1) is 0 Å². The summed E-state index contributed by atoms with van der Waals surface area (Å²) in [6.45, 7) is 18.9. The summed E-state index contributed by atoms with van der Waals surface area (Å²) < 4.78 is 21.9. The van der Waals surface area contributed by atoms with Crippen LogP contribution in [0.5, 0.6) is 5.75 Å². The fraction of sp³-hybridized carbons (Fsp3) is 0.605. The van der Waals surface area contributed by atoms with Crippen LogP contribution in [0.2, 0.25) is 5.02 Å². The van der Waals surface area contributed by atoms with Crippen LogP contribution in [0.4, 0.5) is 5.69 Å². The predicted octanol–water partition coefficient (Wildman–Crippen LogP) is 8.51. The van der Waals surface area contributed by atoms with Crippen LogP contribution in [0.25, 0.3) is 0 Å². The first-order chi connectivity index (χ1) is 21.9. The molecule has 1 saturated carbocycles. The molecule has 6 atom stereocenters. The fourth-order valence-electron chi connectivity index (χ4n) is 6.45. The summed E-state index contributed by atoms with van der Waals surface area (Å²) in [6.07, 6.45) is 8.11. The van der Waals surface area contributed by atoms with E-state index < -0.39 is 17.1 Å². The number of nitrogens with one attached hydrogen (secondary N) is 1. The Balaban J connectivity index is 0.000000891. The molecule has 256 valence electrons. The first kappa shape index (κ1) is 38.1. The van der Waals surface area contributed by atoms with Crippen molar-refractivity contribution in [2.24, 2.45) is 23.7 Å². The Labute approximate surface area is 285 Å². The van der Waals surface area contributed by atoms with E-state index in [1.165, 1.54) is 11.1 Å². The molecule has 46 heavy (non-hydrogen) atoms. The molecule has 0 saturated heterocycles.